The van der Waals surface area contributed by atoms with E-state index < -0.39 is 5.51 Å². The van der Waals surface area contributed by atoms with Crippen molar-refractivity contribution in [3.05, 3.63) is 29.8 Å². The average molecular weight is 206 g/mol. The first kappa shape index (κ1) is 10.4. The first-order chi connectivity index (χ1) is 6.01. The molecule has 1 aromatic carbocycles. The summed E-state index contributed by atoms with van der Waals surface area (Å²) in [5.41, 5.74) is -3.26. The van der Waals surface area contributed by atoms with E-state index in [4.69, 9.17) is 0 Å². The van der Waals surface area contributed by atoms with Crippen LogP contribution in [0.2, 0.25) is 0 Å². The Kier molecular flexibility index (Phi) is 3.25. The molecule has 0 nitrogen and oxygen atoms in total. The number of halogens is 3. The fourth-order valence-electron chi connectivity index (χ4n) is 0.963. The van der Waals surface area contributed by atoms with Gasteiger partial charge in [0.25, 0.3) is 0 Å². The van der Waals surface area contributed by atoms with Crippen LogP contribution in [0.25, 0.3) is 0 Å². The van der Waals surface area contributed by atoms with Gasteiger partial charge < -0.3 is 0 Å². The van der Waals surface area contributed by atoms with E-state index in [-0.39, 0.29) is 16.7 Å². The third kappa shape index (κ3) is 3.72. The van der Waals surface area contributed by atoms with Crippen LogP contribution in [0, 0.1) is 0 Å². The summed E-state index contributed by atoms with van der Waals surface area (Å²) in [5, 5.41) is 0. The Morgan fingerprint density at radius 1 is 1.31 bits per heavy atom. The number of alkyl halides is 3. The minimum absolute atomic E-state index is 0.0697. The van der Waals surface area contributed by atoms with Crippen LogP contribution in [0.3, 0.4) is 0 Å². The zero-order valence-electron chi connectivity index (χ0n) is 7.06. The van der Waals surface area contributed by atoms with Gasteiger partial charge in [-0.15, -0.1) is 0 Å². The lowest BCUT2D eigenvalue weighted by molar-refractivity contribution is -0.0328. The number of rotatable bonds is 2. The number of benzene rings is 1. The molecule has 0 bridgehead atoms. The maximum Gasteiger partial charge on any atom is 0.446 e. The van der Waals surface area contributed by atoms with Gasteiger partial charge in [0.1, 0.15) is 0 Å². The summed E-state index contributed by atoms with van der Waals surface area (Å²) in [6, 6.07) is 6.50. The Balaban J connectivity index is 2.78. The van der Waals surface area contributed by atoms with E-state index in [1.807, 2.05) is 13.0 Å². The van der Waals surface area contributed by atoms with Gasteiger partial charge >= 0.3 is 5.51 Å². The topological polar surface area (TPSA) is 0 Å². The van der Waals surface area contributed by atoms with Crippen LogP contribution in [0.4, 0.5) is 13.2 Å². The maximum absolute atomic E-state index is 11.9. The second-order valence-electron chi connectivity index (χ2n) is 2.55. The van der Waals surface area contributed by atoms with E-state index in [2.05, 4.69) is 0 Å². The SMILES string of the molecule is CCc1cccc(SC(F)(F)F)c1. The van der Waals surface area contributed by atoms with Crippen molar-refractivity contribution in [2.75, 3.05) is 0 Å². The molecule has 4 heteroatoms. The molecule has 1 aromatic rings. The summed E-state index contributed by atoms with van der Waals surface area (Å²) >= 11 is -0.0697. The number of hydrogen-bond donors (Lipinski definition) is 0. The van der Waals surface area contributed by atoms with Crippen molar-refractivity contribution in [1.82, 2.24) is 0 Å². The van der Waals surface area contributed by atoms with Crippen molar-refractivity contribution >= 4 is 11.8 Å². The molecular weight excluding hydrogens is 197 g/mol. The first-order valence-electron chi connectivity index (χ1n) is 3.86. The molecule has 0 spiro atoms. The maximum atomic E-state index is 11.9. The van der Waals surface area contributed by atoms with E-state index in [9.17, 15) is 13.2 Å². The summed E-state index contributed by atoms with van der Waals surface area (Å²) in [6.07, 6.45) is 0.756. The highest BCUT2D eigenvalue weighted by molar-refractivity contribution is 8.00. The van der Waals surface area contributed by atoms with Gasteiger partial charge in [0.15, 0.2) is 0 Å². The fraction of sp³-hybridized carbons (Fsp3) is 0.333. The van der Waals surface area contributed by atoms with Gasteiger partial charge in [-0.25, -0.2) is 0 Å². The van der Waals surface area contributed by atoms with Crippen molar-refractivity contribution in [1.29, 1.82) is 0 Å². The zero-order valence-corrected chi connectivity index (χ0v) is 7.88. The van der Waals surface area contributed by atoms with Crippen LogP contribution in [-0.4, -0.2) is 5.51 Å². The van der Waals surface area contributed by atoms with Crippen molar-refractivity contribution in [3.8, 4) is 0 Å². The Morgan fingerprint density at radius 2 is 2.00 bits per heavy atom. The van der Waals surface area contributed by atoms with Gasteiger partial charge in [-0.1, -0.05) is 19.1 Å². The number of thioether (sulfide) groups is 1. The summed E-state index contributed by atoms with van der Waals surface area (Å²) in [7, 11) is 0. The predicted molar refractivity (Wildman–Crippen MR) is 47.7 cm³/mol. The molecule has 0 saturated heterocycles. The van der Waals surface area contributed by atoms with Crippen LogP contribution in [0.1, 0.15) is 12.5 Å². The Morgan fingerprint density at radius 3 is 2.54 bits per heavy atom. The van der Waals surface area contributed by atoms with Crippen molar-refractivity contribution in [2.24, 2.45) is 0 Å². The van der Waals surface area contributed by atoms with E-state index in [1.165, 1.54) is 6.07 Å². The van der Waals surface area contributed by atoms with Crippen LogP contribution < -0.4 is 0 Å². The largest absolute Gasteiger partial charge is 0.446 e. The Bertz CT molecular complexity index is 280. The quantitative estimate of drug-likeness (QED) is 0.662. The molecule has 0 saturated carbocycles. The predicted octanol–water partition coefficient (Wildman–Crippen LogP) is 3.86. The molecule has 0 heterocycles. The molecule has 72 valence electrons. The number of aryl methyl sites for hydroxylation is 1. The molecule has 0 aliphatic heterocycles. The molecule has 13 heavy (non-hydrogen) atoms. The Hall–Kier alpha value is -0.640. The molecule has 0 amide bonds. The molecule has 0 aliphatic carbocycles. The lowest BCUT2D eigenvalue weighted by Crippen LogP contribution is -1.99. The lowest BCUT2D eigenvalue weighted by Gasteiger charge is -2.06. The summed E-state index contributed by atoms with van der Waals surface area (Å²) in [5.74, 6) is 0. The van der Waals surface area contributed by atoms with Gasteiger partial charge in [-0.3, -0.25) is 0 Å². The molecule has 0 aromatic heterocycles. The zero-order chi connectivity index (χ0) is 9.90. The van der Waals surface area contributed by atoms with Crippen molar-refractivity contribution in [3.63, 3.8) is 0 Å². The molecule has 0 N–H and O–H groups in total. The molecule has 0 atom stereocenters. The van der Waals surface area contributed by atoms with E-state index in [0.717, 1.165) is 12.0 Å². The van der Waals surface area contributed by atoms with Gasteiger partial charge in [0, 0.05) is 4.90 Å². The highest BCUT2D eigenvalue weighted by Crippen LogP contribution is 2.36. The van der Waals surface area contributed by atoms with Gasteiger partial charge in [-0.2, -0.15) is 13.2 Å². The van der Waals surface area contributed by atoms with E-state index in [0.29, 0.717) is 0 Å². The first-order valence-corrected chi connectivity index (χ1v) is 4.67. The third-order valence-corrected chi connectivity index (χ3v) is 2.26. The van der Waals surface area contributed by atoms with E-state index in [1.54, 1.807) is 12.1 Å². The number of hydrogen-bond acceptors (Lipinski definition) is 1. The van der Waals surface area contributed by atoms with Gasteiger partial charge in [0.05, 0.1) is 0 Å². The van der Waals surface area contributed by atoms with Crippen molar-refractivity contribution < 1.29 is 13.2 Å². The Labute approximate surface area is 79.1 Å². The van der Waals surface area contributed by atoms with Crippen molar-refractivity contribution in [2.45, 2.75) is 23.7 Å². The lowest BCUT2D eigenvalue weighted by atomic mass is 10.2. The summed E-state index contributed by atoms with van der Waals surface area (Å²) in [4.78, 5) is 0.256. The molecule has 0 unspecified atom stereocenters. The molecule has 1 rings (SSSR count). The summed E-state index contributed by atoms with van der Waals surface area (Å²) < 4.78 is 35.8. The van der Waals surface area contributed by atoms with Gasteiger partial charge in [-0.05, 0) is 35.9 Å². The standard InChI is InChI=1S/C9H9F3S/c1-2-7-4-3-5-8(6-7)13-9(10,11)12/h3-6H,2H2,1H3. The van der Waals surface area contributed by atoms with Gasteiger partial charge in [0.2, 0.25) is 0 Å². The summed E-state index contributed by atoms with van der Waals surface area (Å²) in [6.45, 7) is 1.91. The highest BCUT2D eigenvalue weighted by atomic mass is 32.2. The molecule has 0 aliphatic rings. The normalized spacial score (nSPS) is 11.7. The molecule has 0 fully saturated rings. The smallest absolute Gasteiger partial charge is 0.160 e. The second-order valence-corrected chi connectivity index (χ2v) is 3.69. The molecule has 0 radical (unpaired) electrons. The van der Waals surface area contributed by atoms with E-state index >= 15 is 0 Å². The third-order valence-electron chi connectivity index (χ3n) is 1.54. The molecular formula is C9H9F3S. The highest BCUT2D eigenvalue weighted by Gasteiger charge is 2.28. The van der Waals surface area contributed by atoms with Crippen LogP contribution in [-0.2, 0) is 6.42 Å². The monoisotopic (exact) mass is 206 g/mol. The van der Waals surface area contributed by atoms with Crippen LogP contribution in [0.15, 0.2) is 29.2 Å². The second kappa shape index (κ2) is 4.05. The fourth-order valence-corrected chi connectivity index (χ4v) is 1.59. The minimum atomic E-state index is -4.19. The average Bonchev–Trinajstić information content (AvgIpc) is 2.01. The minimum Gasteiger partial charge on any atom is -0.160 e. The van der Waals surface area contributed by atoms with Crippen LogP contribution >= 0.6 is 11.8 Å². The van der Waals surface area contributed by atoms with Crippen LogP contribution in [0.5, 0.6) is 0 Å².